The number of ether oxygens (including phenoxy) is 2. The topological polar surface area (TPSA) is 389 Å². The number of methoxy groups -OCH3 is 1. The molecule has 0 amide bonds. The second kappa shape index (κ2) is 57.2. The summed E-state index contributed by atoms with van der Waals surface area (Å²) in [6.45, 7) is -2.17. The zero-order valence-corrected chi connectivity index (χ0v) is 40.8. The maximum absolute atomic E-state index is 11.1. The number of aliphatic hydroxyl groups is 2. The number of carboxylic acids is 4. The van der Waals surface area contributed by atoms with E-state index in [0.717, 1.165) is 9.80 Å². The van der Waals surface area contributed by atoms with Crippen molar-refractivity contribution in [1.29, 1.82) is 0 Å². The molecule has 1 unspecified atom stereocenters. The second-order valence-electron chi connectivity index (χ2n) is 8.37. The molecule has 0 aromatic heterocycles. The van der Waals surface area contributed by atoms with Gasteiger partial charge in [0.25, 0.3) is 0 Å². The van der Waals surface area contributed by atoms with Crippen LogP contribution in [0.15, 0.2) is 24.3 Å². The van der Waals surface area contributed by atoms with E-state index in [9.17, 15) is 24.0 Å². The van der Waals surface area contributed by atoms with Gasteiger partial charge in [-0.1, -0.05) is 0 Å². The van der Waals surface area contributed by atoms with Crippen molar-refractivity contribution in [2.45, 2.75) is 6.10 Å². The van der Waals surface area contributed by atoms with Crippen molar-refractivity contribution < 1.29 is 202 Å². The Hall–Kier alpha value is -0.174. The number of rotatable bonds is 19. The summed E-state index contributed by atoms with van der Waals surface area (Å²) in [4.78, 5) is 82.6. The van der Waals surface area contributed by atoms with Gasteiger partial charge < -0.3 is 77.2 Å². The fourth-order valence-electron chi connectivity index (χ4n) is 2.53. The molecule has 0 spiro atoms. The van der Waals surface area contributed by atoms with Gasteiger partial charge >= 0.3 is 171 Å². The molecular formula is C27H45MgN5Na4O17+4. The predicted molar refractivity (Wildman–Crippen MR) is 172 cm³/mol. The number of carbonyl (C=O) groups excluding carboxylic acids is 4. The van der Waals surface area contributed by atoms with Gasteiger partial charge in [-0.2, -0.15) is 0 Å². The number of benzene rings is 1. The van der Waals surface area contributed by atoms with Crippen LogP contribution in [0.2, 0.25) is 0 Å². The van der Waals surface area contributed by atoms with Crippen LogP contribution in [0.3, 0.4) is 0 Å². The van der Waals surface area contributed by atoms with Crippen molar-refractivity contribution in [3.63, 3.8) is 0 Å². The number of aldehydes is 3. The quantitative estimate of drug-likeness (QED) is 0.0355. The summed E-state index contributed by atoms with van der Waals surface area (Å²) in [5.74, 6) is -4.81. The maximum atomic E-state index is 11.1. The molecule has 54 heavy (non-hydrogen) atoms. The summed E-state index contributed by atoms with van der Waals surface area (Å²) in [6, 6.07) is 6.31. The van der Waals surface area contributed by atoms with Gasteiger partial charge in [-0.15, -0.1) is 0 Å². The summed E-state index contributed by atoms with van der Waals surface area (Å²) < 4.78 is 9.70. The molecule has 0 aliphatic heterocycles. The maximum Gasteiger partial charge on any atom is 2.00 e. The first-order valence-electron chi connectivity index (χ1n) is 13.5. The molecule has 0 bridgehead atoms. The van der Waals surface area contributed by atoms with E-state index in [2.05, 4.69) is 21.9 Å². The SMILES string of the molecule is COC(=O)c1ccc(OCC(O)CO)cc1.NCC=O.NCC=O.NCC=O.O=C(O)CN(CCN(CC(=O)O)CC(=O)O)CC(=O)O.[Mg+2].[Na+].[Na+].[Na+].[Na+].[O-2]. The van der Waals surface area contributed by atoms with Crippen LogP contribution in [0.5, 0.6) is 5.75 Å². The summed E-state index contributed by atoms with van der Waals surface area (Å²) in [7, 11) is 1.31. The predicted octanol–water partition coefficient (Wildman–Crippen LogP) is -16.9. The van der Waals surface area contributed by atoms with Crippen LogP contribution in [0.25, 0.3) is 0 Å². The summed E-state index contributed by atoms with van der Waals surface area (Å²) in [5.41, 5.74) is 14.4. The van der Waals surface area contributed by atoms with E-state index in [1.54, 1.807) is 24.3 Å². The van der Waals surface area contributed by atoms with Crippen molar-refractivity contribution >= 4 is 71.8 Å². The minimum absolute atomic E-state index is 0. The van der Waals surface area contributed by atoms with E-state index >= 15 is 0 Å². The molecule has 0 radical (unpaired) electrons. The third kappa shape index (κ3) is 61.1. The molecule has 0 fully saturated rings. The monoisotopic (exact) mass is 827 g/mol. The number of nitrogens with two attached hydrogens (primary N) is 3. The summed E-state index contributed by atoms with van der Waals surface area (Å²) >= 11 is 0. The van der Waals surface area contributed by atoms with Crippen molar-refractivity contribution in [2.24, 2.45) is 17.2 Å². The van der Waals surface area contributed by atoms with Crippen molar-refractivity contribution in [3.05, 3.63) is 29.8 Å². The first-order chi connectivity index (χ1) is 22.6. The molecule has 0 heterocycles. The third-order valence-electron chi connectivity index (χ3n) is 4.39. The Morgan fingerprint density at radius 2 is 0.963 bits per heavy atom. The molecule has 0 aliphatic carbocycles. The first-order valence-corrected chi connectivity index (χ1v) is 13.5. The molecule has 1 aromatic carbocycles. The molecule has 0 saturated heterocycles. The van der Waals surface area contributed by atoms with E-state index in [1.807, 2.05) is 0 Å². The van der Waals surface area contributed by atoms with Gasteiger partial charge in [-0.3, -0.25) is 29.0 Å². The van der Waals surface area contributed by atoms with E-state index in [4.69, 9.17) is 49.8 Å². The standard InChI is InChI=1S/C11H14O5.C10H16N2O8.3C2H5NO.Mg.4Na.O/c1-15-11(14)8-2-4-10(5-3-8)16-7-9(13)6-12;13-7(14)3-11(4-8(15)16)1-2-12(5-9(17)18)6-10(19)20;3*3-1-2-4;;;;;;/h2-5,9,12-13H,6-7H2,1H3;1-6H2,(H,13,14)(H,15,16)(H,17,18)(H,19,20);3*2H,1,3H2;;;;;;/q;;;;;+2;4*+1;-2. The molecule has 1 atom stereocenters. The van der Waals surface area contributed by atoms with Crippen molar-refractivity contribution in [1.82, 2.24) is 9.80 Å². The Morgan fingerprint density at radius 3 is 1.17 bits per heavy atom. The van der Waals surface area contributed by atoms with E-state index < -0.39 is 62.1 Å². The normalized spacial score (nSPS) is 8.89. The molecule has 1 rings (SSSR count). The molecule has 282 valence electrons. The number of carboxylic acid groups (broad SMARTS) is 4. The van der Waals surface area contributed by atoms with Crippen molar-refractivity contribution in [3.8, 4) is 5.75 Å². The van der Waals surface area contributed by atoms with Crippen LogP contribution < -0.4 is 140 Å². The fraction of sp³-hybridized carbons (Fsp3) is 0.481. The average molecular weight is 828 g/mol. The van der Waals surface area contributed by atoms with E-state index in [-0.39, 0.29) is 193 Å². The fourth-order valence-corrected chi connectivity index (χ4v) is 2.53. The molecule has 27 heteroatoms. The number of hydrogen-bond donors (Lipinski definition) is 9. The first kappa shape index (κ1) is 78.2. The van der Waals surface area contributed by atoms with Gasteiger partial charge in [0.1, 0.15) is 37.3 Å². The minimum Gasteiger partial charge on any atom is -2.00 e. The smallest absolute Gasteiger partial charge is 2.00 e. The van der Waals surface area contributed by atoms with Crippen molar-refractivity contribution in [2.75, 3.05) is 79.2 Å². The molecule has 0 aliphatic rings. The molecule has 1 aromatic rings. The molecular weight excluding hydrogens is 783 g/mol. The van der Waals surface area contributed by atoms with Crippen LogP contribution in [-0.4, -0.2) is 198 Å². The summed E-state index contributed by atoms with van der Waals surface area (Å²) in [5, 5.41) is 52.1. The number of carbonyl (C=O) groups is 8. The van der Waals surface area contributed by atoms with E-state index in [1.165, 1.54) is 7.11 Å². The number of aliphatic carboxylic acids is 4. The van der Waals surface area contributed by atoms with Gasteiger partial charge in [0.2, 0.25) is 0 Å². The van der Waals surface area contributed by atoms with Gasteiger partial charge in [-0.05, 0) is 24.3 Å². The number of aliphatic hydroxyl groups excluding tert-OH is 2. The number of hydrogen-bond acceptors (Lipinski definition) is 17. The Morgan fingerprint density at radius 1 is 0.685 bits per heavy atom. The van der Waals surface area contributed by atoms with E-state index in [0.29, 0.717) is 30.2 Å². The Bertz CT molecular complexity index is 1000. The molecule has 22 nitrogen and oxygen atoms in total. The molecule has 0 saturated carbocycles. The Kier molecular flexibility index (Phi) is 82.8. The van der Waals surface area contributed by atoms with Crippen LogP contribution in [0.1, 0.15) is 10.4 Å². The summed E-state index contributed by atoms with van der Waals surface area (Å²) in [6.07, 6.45) is 1.06. The number of nitrogens with zero attached hydrogens (tertiary/aromatic N) is 2. The van der Waals surface area contributed by atoms with Gasteiger partial charge in [-0.25, -0.2) is 4.79 Å². The zero-order chi connectivity index (χ0) is 37.9. The minimum atomic E-state index is -1.23. The Labute approximate surface area is 416 Å². The zero-order valence-electron chi connectivity index (χ0n) is 31.4. The van der Waals surface area contributed by atoms with Gasteiger partial charge in [0.15, 0.2) is 0 Å². The third-order valence-corrected chi connectivity index (χ3v) is 4.39. The number of esters is 1. The van der Waals surface area contributed by atoms with Crippen LogP contribution >= 0.6 is 0 Å². The van der Waals surface area contributed by atoms with Crippen LogP contribution in [0.4, 0.5) is 0 Å². The Balaban J connectivity index is -0.0000000638. The largest absolute Gasteiger partial charge is 2.00 e. The molecule has 12 N–H and O–H groups in total. The van der Waals surface area contributed by atoms with Gasteiger partial charge in [0.05, 0.1) is 45.5 Å². The van der Waals surface area contributed by atoms with Crippen LogP contribution in [-0.2, 0) is 43.8 Å². The van der Waals surface area contributed by atoms with Gasteiger partial charge in [0, 0.05) is 32.7 Å². The van der Waals surface area contributed by atoms with Crippen LogP contribution in [0, 0.1) is 0 Å². The average Bonchev–Trinajstić information content (AvgIpc) is 3.05. The second-order valence-corrected chi connectivity index (χ2v) is 8.37.